The molecule has 0 atom stereocenters. The van der Waals surface area contributed by atoms with E-state index < -0.39 is 0 Å². The van der Waals surface area contributed by atoms with Crippen LogP contribution in [0.1, 0.15) is 5.56 Å². The molecule has 5 heteroatoms. The minimum absolute atomic E-state index is 0.543. The van der Waals surface area contributed by atoms with Crippen molar-refractivity contribution in [2.24, 2.45) is 0 Å². The van der Waals surface area contributed by atoms with Crippen LogP contribution in [-0.2, 0) is 0 Å². The van der Waals surface area contributed by atoms with Crippen molar-refractivity contribution in [3.05, 3.63) is 39.9 Å². The third-order valence-corrected chi connectivity index (χ3v) is 2.62. The summed E-state index contributed by atoms with van der Waals surface area (Å²) in [5.41, 5.74) is 8.50. The van der Waals surface area contributed by atoms with E-state index in [2.05, 4.69) is 37.9 Å². The number of aromatic nitrogens is 2. The summed E-state index contributed by atoms with van der Waals surface area (Å²) >= 11 is 2.05. The number of nitrogen functional groups attached to an aromatic ring is 1. The standard InChI is InChI=1S/C11H11IN4/c1-7-2-4-8(5-3-7)15-10-9(13)6-14-11(12)16-10/h2-6H,13H2,1H3,(H,14,15,16). The number of nitrogens with two attached hydrogens (primary N) is 1. The topological polar surface area (TPSA) is 63.8 Å². The number of hydrogen-bond donors (Lipinski definition) is 2. The number of benzene rings is 1. The Morgan fingerprint density at radius 2 is 1.94 bits per heavy atom. The minimum atomic E-state index is 0.543. The van der Waals surface area contributed by atoms with Crippen molar-refractivity contribution in [2.45, 2.75) is 6.92 Å². The monoisotopic (exact) mass is 326 g/mol. The minimum Gasteiger partial charge on any atom is -0.394 e. The SMILES string of the molecule is Cc1ccc(Nc2nc(I)ncc2N)cc1. The van der Waals surface area contributed by atoms with E-state index in [-0.39, 0.29) is 0 Å². The van der Waals surface area contributed by atoms with E-state index in [1.807, 2.05) is 31.2 Å². The van der Waals surface area contributed by atoms with Gasteiger partial charge in [0.05, 0.1) is 11.9 Å². The first kappa shape index (κ1) is 11.1. The van der Waals surface area contributed by atoms with E-state index in [9.17, 15) is 0 Å². The third-order valence-electron chi connectivity index (χ3n) is 2.10. The van der Waals surface area contributed by atoms with Crippen molar-refractivity contribution in [1.82, 2.24) is 9.97 Å². The van der Waals surface area contributed by atoms with Crippen LogP contribution in [-0.4, -0.2) is 9.97 Å². The fourth-order valence-electron chi connectivity index (χ4n) is 1.24. The lowest BCUT2D eigenvalue weighted by molar-refractivity contribution is 1.11. The first-order valence-corrected chi connectivity index (χ1v) is 5.85. The van der Waals surface area contributed by atoms with Gasteiger partial charge in [-0.2, -0.15) is 0 Å². The van der Waals surface area contributed by atoms with Gasteiger partial charge in [0, 0.05) is 28.3 Å². The molecule has 4 nitrogen and oxygen atoms in total. The summed E-state index contributed by atoms with van der Waals surface area (Å²) in [7, 11) is 0. The van der Waals surface area contributed by atoms with Crippen LogP contribution in [0.4, 0.5) is 17.2 Å². The van der Waals surface area contributed by atoms with E-state index in [0.717, 1.165) is 5.69 Å². The molecule has 0 saturated heterocycles. The highest BCUT2D eigenvalue weighted by Gasteiger charge is 2.02. The molecule has 0 unspecified atom stereocenters. The quantitative estimate of drug-likeness (QED) is 0.658. The average molecular weight is 326 g/mol. The van der Waals surface area contributed by atoms with Crippen LogP contribution in [0.15, 0.2) is 30.5 Å². The molecule has 0 radical (unpaired) electrons. The van der Waals surface area contributed by atoms with Gasteiger partial charge in [0.15, 0.2) is 9.65 Å². The molecule has 2 aromatic rings. The lowest BCUT2D eigenvalue weighted by atomic mass is 10.2. The Hall–Kier alpha value is -1.37. The summed E-state index contributed by atoms with van der Waals surface area (Å²) in [6.45, 7) is 2.05. The average Bonchev–Trinajstić information content (AvgIpc) is 2.27. The number of aryl methyl sites for hydroxylation is 1. The van der Waals surface area contributed by atoms with E-state index in [1.54, 1.807) is 6.20 Å². The highest BCUT2D eigenvalue weighted by Crippen LogP contribution is 2.20. The Morgan fingerprint density at radius 3 is 2.62 bits per heavy atom. The van der Waals surface area contributed by atoms with Gasteiger partial charge in [-0.25, -0.2) is 9.97 Å². The summed E-state index contributed by atoms with van der Waals surface area (Å²) in [6, 6.07) is 8.04. The molecule has 0 fully saturated rings. The zero-order valence-corrected chi connectivity index (χ0v) is 10.9. The molecule has 0 saturated carbocycles. The molecule has 1 aromatic carbocycles. The van der Waals surface area contributed by atoms with Crippen LogP contribution in [0.3, 0.4) is 0 Å². The normalized spacial score (nSPS) is 10.1. The maximum absolute atomic E-state index is 5.78. The van der Waals surface area contributed by atoms with Crippen molar-refractivity contribution < 1.29 is 0 Å². The molecule has 3 N–H and O–H groups in total. The first-order chi connectivity index (χ1) is 7.65. The molecule has 82 valence electrons. The summed E-state index contributed by atoms with van der Waals surface area (Å²) in [6.07, 6.45) is 1.60. The van der Waals surface area contributed by atoms with Gasteiger partial charge in [-0.3, -0.25) is 0 Å². The third kappa shape index (κ3) is 2.60. The molecule has 1 heterocycles. The van der Waals surface area contributed by atoms with Crippen molar-refractivity contribution >= 4 is 39.8 Å². The van der Waals surface area contributed by atoms with E-state index in [4.69, 9.17) is 5.73 Å². The summed E-state index contributed by atoms with van der Waals surface area (Å²) < 4.78 is 0.668. The molecule has 16 heavy (non-hydrogen) atoms. The Bertz CT molecular complexity index is 496. The molecule has 0 bridgehead atoms. The van der Waals surface area contributed by atoms with Crippen LogP contribution in [0.2, 0.25) is 0 Å². The molecule has 0 amide bonds. The second-order valence-electron chi connectivity index (χ2n) is 3.43. The maximum atomic E-state index is 5.78. The summed E-state index contributed by atoms with van der Waals surface area (Å²) in [5.74, 6) is 0.642. The predicted octanol–water partition coefficient (Wildman–Crippen LogP) is 2.72. The van der Waals surface area contributed by atoms with Crippen LogP contribution in [0.25, 0.3) is 0 Å². The van der Waals surface area contributed by atoms with Crippen molar-refractivity contribution in [3.63, 3.8) is 0 Å². The zero-order chi connectivity index (χ0) is 11.5. The molecular formula is C11H11IN4. The van der Waals surface area contributed by atoms with Gasteiger partial charge in [-0.1, -0.05) is 17.7 Å². The van der Waals surface area contributed by atoms with Crippen molar-refractivity contribution in [2.75, 3.05) is 11.1 Å². The number of nitrogens with one attached hydrogen (secondary N) is 1. The molecular weight excluding hydrogens is 315 g/mol. The largest absolute Gasteiger partial charge is 0.394 e. The first-order valence-electron chi connectivity index (χ1n) is 4.77. The zero-order valence-electron chi connectivity index (χ0n) is 8.74. The molecule has 0 aliphatic heterocycles. The fourth-order valence-corrected chi connectivity index (χ4v) is 1.62. The lowest BCUT2D eigenvalue weighted by Crippen LogP contribution is -2.01. The van der Waals surface area contributed by atoms with Crippen LogP contribution >= 0.6 is 22.6 Å². The van der Waals surface area contributed by atoms with Crippen LogP contribution in [0.5, 0.6) is 0 Å². The number of hydrogen-bond acceptors (Lipinski definition) is 4. The molecule has 0 aliphatic carbocycles. The number of anilines is 3. The smallest absolute Gasteiger partial charge is 0.192 e. The predicted molar refractivity (Wildman–Crippen MR) is 73.6 cm³/mol. The summed E-state index contributed by atoms with van der Waals surface area (Å²) in [4.78, 5) is 8.24. The van der Waals surface area contributed by atoms with Gasteiger partial charge in [0.1, 0.15) is 0 Å². The van der Waals surface area contributed by atoms with E-state index >= 15 is 0 Å². The highest BCUT2D eigenvalue weighted by molar-refractivity contribution is 14.1. The van der Waals surface area contributed by atoms with Gasteiger partial charge < -0.3 is 11.1 Å². The van der Waals surface area contributed by atoms with Gasteiger partial charge in [-0.05, 0) is 19.1 Å². The molecule has 0 spiro atoms. The molecule has 0 aliphatic rings. The number of halogens is 1. The highest BCUT2D eigenvalue weighted by atomic mass is 127. The fraction of sp³-hybridized carbons (Fsp3) is 0.0909. The maximum Gasteiger partial charge on any atom is 0.192 e. The van der Waals surface area contributed by atoms with Crippen LogP contribution in [0, 0.1) is 10.8 Å². The number of nitrogens with zero attached hydrogens (tertiary/aromatic N) is 2. The van der Waals surface area contributed by atoms with Gasteiger partial charge in [0.2, 0.25) is 0 Å². The Balaban J connectivity index is 2.26. The Labute approximate surface area is 107 Å². The lowest BCUT2D eigenvalue weighted by Gasteiger charge is -2.08. The molecule has 1 aromatic heterocycles. The van der Waals surface area contributed by atoms with Gasteiger partial charge in [-0.15, -0.1) is 0 Å². The van der Waals surface area contributed by atoms with Gasteiger partial charge in [0.25, 0.3) is 0 Å². The second-order valence-corrected chi connectivity index (χ2v) is 4.40. The Morgan fingerprint density at radius 1 is 1.25 bits per heavy atom. The van der Waals surface area contributed by atoms with Crippen molar-refractivity contribution in [1.29, 1.82) is 0 Å². The molecule has 2 rings (SSSR count). The Kier molecular flexibility index (Phi) is 3.23. The van der Waals surface area contributed by atoms with Crippen LogP contribution < -0.4 is 11.1 Å². The van der Waals surface area contributed by atoms with E-state index in [1.165, 1.54) is 5.56 Å². The second kappa shape index (κ2) is 4.65. The van der Waals surface area contributed by atoms with E-state index in [0.29, 0.717) is 15.3 Å². The van der Waals surface area contributed by atoms with Crippen molar-refractivity contribution in [3.8, 4) is 0 Å². The summed E-state index contributed by atoms with van der Waals surface area (Å²) in [5, 5.41) is 3.16. The number of rotatable bonds is 2. The van der Waals surface area contributed by atoms with Gasteiger partial charge >= 0.3 is 0 Å².